The van der Waals surface area contributed by atoms with Crippen LogP contribution in [-0.4, -0.2) is 35.3 Å². The Morgan fingerprint density at radius 1 is 1.44 bits per heavy atom. The Morgan fingerprint density at radius 3 is 2.78 bits per heavy atom. The normalized spacial score (nSPS) is 31.6. The van der Waals surface area contributed by atoms with Crippen LogP contribution in [0.5, 0.6) is 0 Å². The first-order valence-corrected chi connectivity index (χ1v) is 6.51. The Hall–Kier alpha value is -1.58. The quantitative estimate of drug-likeness (QED) is 0.601. The molecule has 1 saturated heterocycles. The Kier molecular flexibility index (Phi) is 3.84. The summed E-state index contributed by atoms with van der Waals surface area (Å²) in [6.45, 7) is 4.72. The summed E-state index contributed by atoms with van der Waals surface area (Å²) in [6.07, 6.45) is 8.40. The molecule has 0 spiro atoms. The molecule has 4 nitrogen and oxygen atoms in total. The van der Waals surface area contributed by atoms with E-state index >= 15 is 0 Å². The molecule has 2 amide bonds. The third kappa shape index (κ3) is 3.00. The summed E-state index contributed by atoms with van der Waals surface area (Å²) in [7, 11) is 0. The van der Waals surface area contributed by atoms with Gasteiger partial charge in [-0.15, -0.1) is 0 Å². The zero-order valence-electron chi connectivity index (χ0n) is 10.9. The van der Waals surface area contributed by atoms with Crippen LogP contribution in [0.4, 0.5) is 0 Å². The molecule has 4 heteroatoms. The maximum Gasteiger partial charge on any atom is 0.244 e. The van der Waals surface area contributed by atoms with Gasteiger partial charge in [-0.25, -0.2) is 0 Å². The zero-order chi connectivity index (χ0) is 13.1. The molecule has 2 aliphatic rings. The highest BCUT2D eigenvalue weighted by atomic mass is 16.2. The van der Waals surface area contributed by atoms with E-state index in [4.69, 9.17) is 0 Å². The third-order valence-electron chi connectivity index (χ3n) is 3.52. The van der Waals surface area contributed by atoms with Gasteiger partial charge in [-0.1, -0.05) is 25.2 Å². The molecular formula is C14H20N2O2. The van der Waals surface area contributed by atoms with Crippen molar-refractivity contribution in [3.05, 3.63) is 24.3 Å². The number of hydrogen-bond acceptors (Lipinski definition) is 2. The summed E-state index contributed by atoms with van der Waals surface area (Å²) in [4.78, 5) is 25.3. The fourth-order valence-corrected chi connectivity index (χ4v) is 2.39. The van der Waals surface area contributed by atoms with Crippen molar-refractivity contribution in [1.29, 1.82) is 0 Å². The minimum absolute atomic E-state index is 0.0342. The van der Waals surface area contributed by atoms with Crippen LogP contribution >= 0.6 is 0 Å². The molecule has 1 aliphatic carbocycles. The van der Waals surface area contributed by atoms with Crippen molar-refractivity contribution in [1.82, 2.24) is 10.2 Å². The number of likely N-dealkylation sites (tertiary alicyclic amines) is 1. The smallest absolute Gasteiger partial charge is 0.244 e. The summed E-state index contributed by atoms with van der Waals surface area (Å²) < 4.78 is 0. The Balaban J connectivity index is 1.81. The van der Waals surface area contributed by atoms with Crippen molar-refractivity contribution in [3.8, 4) is 0 Å². The van der Waals surface area contributed by atoms with Crippen LogP contribution in [0.15, 0.2) is 24.3 Å². The van der Waals surface area contributed by atoms with E-state index in [0.29, 0.717) is 24.9 Å². The summed E-state index contributed by atoms with van der Waals surface area (Å²) in [5.41, 5.74) is 0. The lowest BCUT2D eigenvalue weighted by molar-refractivity contribution is -0.128. The molecule has 2 rings (SSSR count). The van der Waals surface area contributed by atoms with Gasteiger partial charge in [-0.3, -0.25) is 9.59 Å². The highest BCUT2D eigenvalue weighted by Crippen LogP contribution is 2.37. The Morgan fingerprint density at radius 2 is 2.17 bits per heavy atom. The van der Waals surface area contributed by atoms with Crippen LogP contribution in [0.3, 0.4) is 0 Å². The van der Waals surface area contributed by atoms with Gasteiger partial charge >= 0.3 is 0 Å². The first kappa shape index (κ1) is 12.9. The zero-order valence-corrected chi connectivity index (χ0v) is 10.9. The number of rotatable bonds is 4. The summed E-state index contributed by atoms with van der Waals surface area (Å²) >= 11 is 0. The minimum Gasteiger partial charge on any atom is -0.348 e. The standard InChI is InChI=1S/C14H20N2O2/c1-3-4-5-6-13(17)15-11-8-14(18)16(9-11)12-7-10(12)2/h3-6,10-12H,7-9H2,1-2H3,(H,15,17)/b4-3+,6-5+/t10-,11-,12+/m1/s1. The van der Waals surface area contributed by atoms with Crippen molar-refractivity contribution >= 4 is 11.8 Å². The van der Waals surface area contributed by atoms with Crippen molar-refractivity contribution in [2.24, 2.45) is 5.92 Å². The number of allylic oxidation sites excluding steroid dienone is 3. The average Bonchev–Trinajstić information content (AvgIpc) is 2.91. The number of amides is 2. The predicted molar refractivity (Wildman–Crippen MR) is 69.8 cm³/mol. The van der Waals surface area contributed by atoms with E-state index < -0.39 is 0 Å². The monoisotopic (exact) mass is 248 g/mol. The first-order valence-electron chi connectivity index (χ1n) is 6.51. The van der Waals surface area contributed by atoms with Crippen LogP contribution in [0, 0.1) is 5.92 Å². The topological polar surface area (TPSA) is 49.4 Å². The van der Waals surface area contributed by atoms with Crippen LogP contribution in [0.25, 0.3) is 0 Å². The van der Waals surface area contributed by atoms with E-state index in [1.54, 1.807) is 12.2 Å². The van der Waals surface area contributed by atoms with E-state index in [1.807, 2.05) is 17.9 Å². The molecule has 1 N–H and O–H groups in total. The molecule has 2 fully saturated rings. The number of hydrogen-bond donors (Lipinski definition) is 1. The van der Waals surface area contributed by atoms with Gasteiger partial charge in [0.15, 0.2) is 0 Å². The van der Waals surface area contributed by atoms with E-state index in [2.05, 4.69) is 12.2 Å². The average molecular weight is 248 g/mol. The van der Waals surface area contributed by atoms with Gasteiger partial charge in [0.1, 0.15) is 0 Å². The van der Waals surface area contributed by atoms with Crippen molar-refractivity contribution in [2.75, 3.05) is 6.54 Å². The molecule has 0 aromatic carbocycles. The number of carbonyl (C=O) groups excluding carboxylic acids is 2. The minimum atomic E-state index is -0.128. The van der Waals surface area contributed by atoms with Crippen LogP contribution in [0.2, 0.25) is 0 Å². The van der Waals surface area contributed by atoms with Gasteiger partial charge in [0.25, 0.3) is 0 Å². The highest BCUT2D eigenvalue weighted by Gasteiger charge is 2.44. The molecule has 18 heavy (non-hydrogen) atoms. The summed E-state index contributed by atoms with van der Waals surface area (Å²) in [6, 6.07) is 0.381. The van der Waals surface area contributed by atoms with Gasteiger partial charge in [0.2, 0.25) is 11.8 Å². The van der Waals surface area contributed by atoms with Crippen molar-refractivity contribution in [2.45, 2.75) is 38.8 Å². The molecular weight excluding hydrogens is 228 g/mol. The fourth-order valence-electron chi connectivity index (χ4n) is 2.39. The molecule has 3 atom stereocenters. The number of nitrogens with one attached hydrogen (secondary N) is 1. The van der Waals surface area contributed by atoms with Gasteiger partial charge < -0.3 is 10.2 Å². The molecule has 0 radical (unpaired) electrons. The van der Waals surface area contributed by atoms with Gasteiger partial charge in [0.05, 0.1) is 6.04 Å². The van der Waals surface area contributed by atoms with E-state index in [-0.39, 0.29) is 17.9 Å². The second-order valence-electron chi connectivity index (χ2n) is 5.12. The molecule has 0 aromatic rings. The van der Waals surface area contributed by atoms with Crippen molar-refractivity contribution < 1.29 is 9.59 Å². The lowest BCUT2D eigenvalue weighted by Gasteiger charge is -2.16. The SMILES string of the molecule is C/C=C/C=C/C(=O)N[C@@H]1CC(=O)N([C@H]2C[C@H]2C)C1. The van der Waals surface area contributed by atoms with Crippen LogP contribution in [0.1, 0.15) is 26.7 Å². The second-order valence-corrected chi connectivity index (χ2v) is 5.12. The van der Waals surface area contributed by atoms with Gasteiger partial charge in [0, 0.05) is 25.1 Å². The molecule has 0 aromatic heterocycles. The first-order chi connectivity index (χ1) is 8.61. The summed E-state index contributed by atoms with van der Waals surface area (Å²) in [5.74, 6) is 0.668. The largest absolute Gasteiger partial charge is 0.348 e. The lowest BCUT2D eigenvalue weighted by Crippen LogP contribution is -2.37. The summed E-state index contributed by atoms with van der Waals surface area (Å²) in [5, 5.41) is 2.87. The highest BCUT2D eigenvalue weighted by molar-refractivity contribution is 5.89. The van der Waals surface area contributed by atoms with E-state index in [1.165, 1.54) is 6.08 Å². The maximum atomic E-state index is 11.8. The number of nitrogens with zero attached hydrogens (tertiary/aromatic N) is 1. The van der Waals surface area contributed by atoms with Gasteiger partial charge in [-0.2, -0.15) is 0 Å². The van der Waals surface area contributed by atoms with Crippen molar-refractivity contribution in [3.63, 3.8) is 0 Å². The maximum absolute atomic E-state index is 11.8. The predicted octanol–water partition coefficient (Wildman–Crippen LogP) is 1.24. The lowest BCUT2D eigenvalue weighted by atomic mass is 10.2. The second kappa shape index (κ2) is 5.38. The molecule has 1 heterocycles. The molecule has 98 valence electrons. The Bertz CT molecular complexity index is 401. The molecule has 1 saturated carbocycles. The number of carbonyl (C=O) groups is 2. The molecule has 0 unspecified atom stereocenters. The fraction of sp³-hybridized carbons (Fsp3) is 0.571. The molecule has 0 bridgehead atoms. The van der Waals surface area contributed by atoms with Crippen LogP contribution < -0.4 is 5.32 Å². The molecule has 1 aliphatic heterocycles. The van der Waals surface area contributed by atoms with Crippen LogP contribution in [-0.2, 0) is 9.59 Å². The third-order valence-corrected chi connectivity index (χ3v) is 3.52. The van der Waals surface area contributed by atoms with E-state index in [0.717, 1.165) is 6.42 Å². The Labute approximate surface area is 108 Å². The van der Waals surface area contributed by atoms with E-state index in [9.17, 15) is 9.59 Å². The van der Waals surface area contributed by atoms with Gasteiger partial charge in [-0.05, 0) is 19.3 Å².